The van der Waals surface area contributed by atoms with Gasteiger partial charge in [-0.2, -0.15) is 13.2 Å². The van der Waals surface area contributed by atoms with Crippen LogP contribution in [0.2, 0.25) is 0 Å². The summed E-state index contributed by atoms with van der Waals surface area (Å²) in [6, 6.07) is 4.18. The average molecular weight is 303 g/mol. The van der Waals surface area contributed by atoms with E-state index in [1.807, 2.05) is 0 Å². The van der Waals surface area contributed by atoms with Crippen LogP contribution in [-0.4, -0.2) is 23.0 Å². The van der Waals surface area contributed by atoms with Crippen molar-refractivity contribution in [1.82, 2.24) is 5.32 Å². The first-order chi connectivity index (χ1) is 9.68. The number of aliphatic carboxylic acids is 1. The molecule has 0 aliphatic rings. The Morgan fingerprint density at radius 2 is 1.81 bits per heavy atom. The molecule has 7 heteroatoms. The van der Waals surface area contributed by atoms with Gasteiger partial charge in [-0.05, 0) is 30.5 Å². The molecule has 0 bridgehead atoms. The Labute approximate surface area is 120 Å². The predicted octanol–water partition coefficient (Wildman–Crippen LogP) is 2.62. The molecule has 1 aromatic rings. The maximum Gasteiger partial charge on any atom is 0.416 e. The first-order valence-electron chi connectivity index (χ1n) is 6.33. The summed E-state index contributed by atoms with van der Waals surface area (Å²) in [5, 5.41) is 11.3. The Morgan fingerprint density at radius 3 is 2.24 bits per heavy atom. The first-order valence-corrected chi connectivity index (χ1v) is 6.33. The zero-order valence-corrected chi connectivity index (χ0v) is 11.4. The van der Waals surface area contributed by atoms with Crippen molar-refractivity contribution < 1.29 is 27.9 Å². The van der Waals surface area contributed by atoms with E-state index in [4.69, 9.17) is 5.11 Å². The molecule has 0 saturated carbocycles. The summed E-state index contributed by atoms with van der Waals surface area (Å²) in [4.78, 5) is 21.6. The van der Waals surface area contributed by atoms with Crippen LogP contribution in [0.4, 0.5) is 13.2 Å². The number of carbonyl (C=O) groups is 2. The number of hydrogen-bond donors (Lipinski definition) is 2. The van der Waals surface area contributed by atoms with Crippen LogP contribution in [-0.2, 0) is 22.2 Å². The van der Waals surface area contributed by atoms with Gasteiger partial charge < -0.3 is 10.4 Å². The molecule has 0 aliphatic carbocycles. The molecular weight excluding hydrogens is 287 g/mol. The van der Waals surface area contributed by atoms with Crippen LogP contribution in [0.15, 0.2) is 24.3 Å². The molecule has 1 atom stereocenters. The second-order valence-corrected chi connectivity index (χ2v) is 4.73. The molecule has 1 rings (SSSR count). The van der Waals surface area contributed by atoms with E-state index in [2.05, 4.69) is 5.32 Å². The Morgan fingerprint density at radius 1 is 1.24 bits per heavy atom. The SMILES string of the molecule is CC(=O)NC(CCC(=O)O)Cc1ccc(C(F)(F)F)cc1. The molecule has 1 aromatic carbocycles. The number of benzene rings is 1. The van der Waals surface area contributed by atoms with Gasteiger partial charge in [0.1, 0.15) is 0 Å². The third-order valence-corrected chi connectivity index (χ3v) is 2.88. The maximum atomic E-state index is 12.4. The number of carboxylic acid groups (broad SMARTS) is 1. The van der Waals surface area contributed by atoms with Gasteiger partial charge >= 0.3 is 12.1 Å². The van der Waals surface area contributed by atoms with Crippen LogP contribution >= 0.6 is 0 Å². The van der Waals surface area contributed by atoms with Crippen molar-refractivity contribution in [3.8, 4) is 0 Å². The normalized spacial score (nSPS) is 12.8. The van der Waals surface area contributed by atoms with Crippen LogP contribution in [0.5, 0.6) is 0 Å². The molecule has 2 N–H and O–H groups in total. The highest BCUT2D eigenvalue weighted by molar-refractivity contribution is 5.73. The van der Waals surface area contributed by atoms with E-state index in [9.17, 15) is 22.8 Å². The summed E-state index contributed by atoms with van der Waals surface area (Å²) in [6.45, 7) is 1.31. The Bertz CT molecular complexity index is 497. The van der Waals surface area contributed by atoms with Crippen molar-refractivity contribution in [3.63, 3.8) is 0 Å². The van der Waals surface area contributed by atoms with Gasteiger partial charge in [-0.25, -0.2) is 0 Å². The third-order valence-electron chi connectivity index (χ3n) is 2.88. The van der Waals surface area contributed by atoms with Crippen molar-refractivity contribution in [2.45, 2.75) is 38.4 Å². The van der Waals surface area contributed by atoms with Crippen molar-refractivity contribution in [3.05, 3.63) is 35.4 Å². The lowest BCUT2D eigenvalue weighted by Crippen LogP contribution is -2.35. The molecule has 116 valence electrons. The molecule has 0 heterocycles. The van der Waals surface area contributed by atoms with Gasteiger partial charge in [-0.1, -0.05) is 12.1 Å². The van der Waals surface area contributed by atoms with E-state index in [1.54, 1.807) is 0 Å². The number of halogens is 3. The van der Waals surface area contributed by atoms with E-state index in [1.165, 1.54) is 19.1 Å². The van der Waals surface area contributed by atoms with Gasteiger partial charge in [0.25, 0.3) is 0 Å². The molecule has 0 aromatic heterocycles. The first kappa shape index (κ1) is 17.0. The minimum absolute atomic E-state index is 0.119. The van der Waals surface area contributed by atoms with E-state index in [0.29, 0.717) is 5.56 Å². The lowest BCUT2D eigenvalue weighted by molar-refractivity contribution is -0.138. The number of amides is 1. The predicted molar refractivity (Wildman–Crippen MR) is 69.6 cm³/mol. The van der Waals surface area contributed by atoms with Gasteiger partial charge in [0, 0.05) is 19.4 Å². The Hall–Kier alpha value is -2.05. The molecule has 0 saturated heterocycles. The Kier molecular flexibility index (Phi) is 5.75. The topological polar surface area (TPSA) is 66.4 Å². The minimum Gasteiger partial charge on any atom is -0.481 e. The Balaban J connectivity index is 2.73. The van der Waals surface area contributed by atoms with Crippen molar-refractivity contribution >= 4 is 11.9 Å². The minimum atomic E-state index is -4.39. The maximum absolute atomic E-state index is 12.4. The zero-order valence-electron chi connectivity index (χ0n) is 11.4. The number of carbonyl (C=O) groups excluding carboxylic acids is 1. The highest BCUT2D eigenvalue weighted by Gasteiger charge is 2.30. The molecule has 0 aliphatic heterocycles. The molecule has 0 spiro atoms. The highest BCUT2D eigenvalue weighted by atomic mass is 19.4. The summed E-state index contributed by atoms with van der Waals surface area (Å²) >= 11 is 0. The van der Waals surface area contributed by atoms with Crippen LogP contribution < -0.4 is 5.32 Å². The van der Waals surface area contributed by atoms with Crippen LogP contribution in [0.3, 0.4) is 0 Å². The molecule has 0 radical (unpaired) electrons. The number of rotatable bonds is 6. The number of hydrogen-bond acceptors (Lipinski definition) is 2. The molecular formula is C14H16F3NO3. The van der Waals surface area contributed by atoms with Crippen molar-refractivity contribution in [2.75, 3.05) is 0 Å². The van der Waals surface area contributed by atoms with E-state index >= 15 is 0 Å². The average Bonchev–Trinajstić information content (AvgIpc) is 2.35. The van der Waals surface area contributed by atoms with E-state index in [0.717, 1.165) is 12.1 Å². The second-order valence-electron chi connectivity index (χ2n) is 4.73. The van der Waals surface area contributed by atoms with Crippen molar-refractivity contribution in [1.29, 1.82) is 0 Å². The lowest BCUT2D eigenvalue weighted by atomic mass is 10.0. The molecule has 0 fully saturated rings. The van der Waals surface area contributed by atoms with Crippen LogP contribution in [0.1, 0.15) is 30.9 Å². The third kappa shape index (κ3) is 6.29. The molecule has 4 nitrogen and oxygen atoms in total. The standard InChI is InChI=1S/C14H16F3NO3/c1-9(19)18-12(6-7-13(20)21)8-10-2-4-11(5-3-10)14(15,16)17/h2-5,12H,6-8H2,1H3,(H,18,19)(H,20,21). The summed E-state index contributed by atoms with van der Waals surface area (Å²) in [5.74, 6) is -1.30. The fourth-order valence-corrected chi connectivity index (χ4v) is 1.92. The monoisotopic (exact) mass is 303 g/mol. The zero-order chi connectivity index (χ0) is 16.0. The largest absolute Gasteiger partial charge is 0.481 e. The highest BCUT2D eigenvalue weighted by Crippen LogP contribution is 2.29. The summed E-state index contributed by atoms with van der Waals surface area (Å²) < 4.78 is 37.3. The summed E-state index contributed by atoms with van der Waals surface area (Å²) in [5.41, 5.74) is -0.139. The van der Waals surface area contributed by atoms with Gasteiger partial charge in [0.05, 0.1) is 5.56 Å². The summed E-state index contributed by atoms with van der Waals surface area (Å²) in [6.07, 6.45) is -4.01. The van der Waals surface area contributed by atoms with Gasteiger partial charge in [0.15, 0.2) is 0 Å². The van der Waals surface area contributed by atoms with Gasteiger partial charge in [-0.3, -0.25) is 9.59 Å². The fraction of sp³-hybridized carbons (Fsp3) is 0.429. The molecule has 1 unspecified atom stereocenters. The number of carboxylic acids is 1. The second kappa shape index (κ2) is 7.10. The molecule has 1 amide bonds. The number of nitrogens with one attached hydrogen (secondary N) is 1. The molecule has 21 heavy (non-hydrogen) atoms. The fourth-order valence-electron chi connectivity index (χ4n) is 1.92. The summed E-state index contributed by atoms with van der Waals surface area (Å²) in [7, 11) is 0. The van der Waals surface area contributed by atoms with Gasteiger partial charge in [-0.15, -0.1) is 0 Å². The van der Waals surface area contributed by atoms with E-state index in [-0.39, 0.29) is 25.2 Å². The van der Waals surface area contributed by atoms with E-state index < -0.39 is 23.8 Å². The lowest BCUT2D eigenvalue weighted by Gasteiger charge is -2.17. The van der Waals surface area contributed by atoms with Crippen LogP contribution in [0, 0.1) is 0 Å². The van der Waals surface area contributed by atoms with Crippen molar-refractivity contribution in [2.24, 2.45) is 0 Å². The van der Waals surface area contributed by atoms with Crippen LogP contribution in [0.25, 0.3) is 0 Å². The number of alkyl halides is 3. The van der Waals surface area contributed by atoms with Gasteiger partial charge in [0.2, 0.25) is 5.91 Å². The quantitative estimate of drug-likeness (QED) is 0.849. The smallest absolute Gasteiger partial charge is 0.416 e.